The van der Waals surface area contributed by atoms with E-state index < -0.39 is 7.25 Å². The van der Waals surface area contributed by atoms with Crippen LogP contribution in [0.15, 0.2) is 0 Å². The van der Waals surface area contributed by atoms with Crippen molar-refractivity contribution in [2.75, 3.05) is 6.61 Å². The van der Waals surface area contributed by atoms with E-state index in [9.17, 15) is 17.3 Å². The zero-order valence-electron chi connectivity index (χ0n) is 5.20. The summed E-state index contributed by atoms with van der Waals surface area (Å²) in [5.74, 6) is 0. The molecule has 0 unspecified atom stereocenters. The van der Waals surface area contributed by atoms with Gasteiger partial charge in [0.1, 0.15) is 0 Å². The third-order valence-electron chi connectivity index (χ3n) is 0. The van der Waals surface area contributed by atoms with E-state index in [-0.39, 0.29) is 8.03 Å². The van der Waals surface area contributed by atoms with Gasteiger partial charge in [-0.25, -0.2) is 5.11 Å². The van der Waals surface area contributed by atoms with Crippen molar-refractivity contribution in [3.63, 3.8) is 0 Å². The SMILES string of the molecule is CC[O].F[B-](F)(F)F.[H+]. The molecule has 0 saturated carbocycles. The molecule has 0 bridgehead atoms. The molecule has 1 nitrogen and oxygen atoms in total. The van der Waals surface area contributed by atoms with Gasteiger partial charge in [-0.1, -0.05) is 0 Å². The minimum absolute atomic E-state index is 0. The maximum atomic E-state index is 9.75. The molecule has 0 aromatic heterocycles. The van der Waals surface area contributed by atoms with E-state index in [2.05, 4.69) is 0 Å². The Morgan fingerprint density at radius 3 is 1.38 bits per heavy atom. The first-order valence-electron chi connectivity index (χ1n) is 1.87. The number of hydrogen-bond donors (Lipinski definition) is 0. The summed E-state index contributed by atoms with van der Waals surface area (Å²) in [6.45, 7) is 1.57. The monoisotopic (exact) mass is 133 g/mol. The van der Waals surface area contributed by atoms with Crippen LogP contribution in [0.25, 0.3) is 0 Å². The second-order valence-corrected chi connectivity index (χ2v) is 0.784. The topological polar surface area (TPSA) is 19.9 Å². The van der Waals surface area contributed by atoms with Gasteiger partial charge in [0.2, 0.25) is 0 Å². The molecule has 0 heterocycles. The highest BCUT2D eigenvalue weighted by molar-refractivity contribution is 6.50. The van der Waals surface area contributed by atoms with E-state index in [1.165, 1.54) is 0 Å². The summed E-state index contributed by atoms with van der Waals surface area (Å²) in [6.07, 6.45) is 0. The Kier molecular flexibility index (Phi) is 6.53. The average Bonchev–Trinajstić information content (AvgIpc) is 1.27. The van der Waals surface area contributed by atoms with Gasteiger partial charge in [-0.05, 0) is 6.92 Å². The van der Waals surface area contributed by atoms with Crippen molar-refractivity contribution in [1.82, 2.24) is 0 Å². The molecule has 8 heavy (non-hydrogen) atoms. The Morgan fingerprint density at radius 1 is 1.38 bits per heavy atom. The highest BCUT2D eigenvalue weighted by atomic mass is 19.5. The summed E-state index contributed by atoms with van der Waals surface area (Å²) in [7, 11) is -6.00. The second-order valence-electron chi connectivity index (χ2n) is 0.784. The molecule has 0 aliphatic heterocycles. The van der Waals surface area contributed by atoms with Gasteiger partial charge in [-0.3, -0.25) is 0 Å². The van der Waals surface area contributed by atoms with Crippen LogP contribution in [0.3, 0.4) is 0 Å². The number of rotatable bonds is 0. The Bertz CT molecular complexity index is 42.3. The lowest BCUT2D eigenvalue weighted by atomic mass is 10.3. The van der Waals surface area contributed by atoms with Crippen LogP contribution in [-0.4, -0.2) is 13.9 Å². The molecule has 0 amide bonds. The molecular weight excluding hydrogens is 127 g/mol. The molecule has 0 spiro atoms. The molecule has 0 aliphatic carbocycles. The highest BCUT2D eigenvalue weighted by Gasteiger charge is 2.20. The third kappa shape index (κ3) is 1990. The van der Waals surface area contributed by atoms with Crippen molar-refractivity contribution in [3.05, 3.63) is 0 Å². The molecule has 0 saturated heterocycles. The van der Waals surface area contributed by atoms with Gasteiger partial charge >= 0.3 is 8.68 Å². The first-order valence-corrected chi connectivity index (χ1v) is 1.87. The van der Waals surface area contributed by atoms with E-state index >= 15 is 0 Å². The first-order chi connectivity index (χ1) is 3.41. The summed E-state index contributed by atoms with van der Waals surface area (Å²) < 4.78 is 39.0. The van der Waals surface area contributed by atoms with Gasteiger partial charge in [-0.2, -0.15) is 0 Å². The van der Waals surface area contributed by atoms with Gasteiger partial charge in [0.25, 0.3) is 0 Å². The van der Waals surface area contributed by atoms with Crippen molar-refractivity contribution in [3.8, 4) is 0 Å². The smallest absolute Gasteiger partial charge is 0.418 e. The zero-order chi connectivity index (χ0) is 7.21. The standard InChI is InChI=1S/C2H5O.BF4/c1-2-3;2-1(3,4)5/h2H2,1H3;/q;-1/p+1. The fraction of sp³-hybridized carbons (Fsp3) is 1.00. The molecular formula is C2H6BF4O. The Labute approximate surface area is 45.9 Å². The number of hydrogen-bond acceptors (Lipinski definition) is 0. The van der Waals surface area contributed by atoms with Gasteiger partial charge in [0, 0.05) is 0 Å². The molecule has 0 aromatic rings. The molecule has 51 valence electrons. The largest absolute Gasteiger partial charge is 1.00 e. The molecule has 0 atom stereocenters. The third-order valence-corrected chi connectivity index (χ3v) is 0. The predicted molar refractivity (Wildman–Crippen MR) is 22.5 cm³/mol. The second kappa shape index (κ2) is 4.89. The van der Waals surface area contributed by atoms with Crippen LogP contribution in [0.2, 0.25) is 0 Å². The van der Waals surface area contributed by atoms with Gasteiger partial charge in [-0.15, -0.1) is 0 Å². The van der Waals surface area contributed by atoms with Gasteiger partial charge < -0.3 is 17.3 Å². The fourth-order valence-electron chi connectivity index (χ4n) is 0. The summed E-state index contributed by atoms with van der Waals surface area (Å²) >= 11 is 0. The Morgan fingerprint density at radius 2 is 1.38 bits per heavy atom. The number of halogens is 4. The van der Waals surface area contributed by atoms with E-state index in [1.54, 1.807) is 6.92 Å². The quantitative estimate of drug-likeness (QED) is 0.355. The first kappa shape index (κ1) is 10.7. The van der Waals surface area contributed by atoms with E-state index in [0.29, 0.717) is 0 Å². The van der Waals surface area contributed by atoms with E-state index in [1.807, 2.05) is 0 Å². The van der Waals surface area contributed by atoms with Crippen molar-refractivity contribution >= 4 is 7.25 Å². The van der Waals surface area contributed by atoms with Crippen LogP contribution in [0, 0.1) is 0 Å². The van der Waals surface area contributed by atoms with E-state index in [4.69, 9.17) is 5.11 Å². The van der Waals surface area contributed by atoms with Crippen molar-refractivity contribution in [2.45, 2.75) is 6.92 Å². The van der Waals surface area contributed by atoms with Crippen molar-refractivity contribution in [1.29, 1.82) is 0 Å². The van der Waals surface area contributed by atoms with E-state index in [0.717, 1.165) is 0 Å². The summed E-state index contributed by atoms with van der Waals surface area (Å²) in [5, 5.41) is 8.93. The molecule has 0 aliphatic rings. The van der Waals surface area contributed by atoms with Crippen LogP contribution >= 0.6 is 0 Å². The minimum Gasteiger partial charge on any atom is -0.418 e. The molecule has 0 aromatic carbocycles. The maximum Gasteiger partial charge on any atom is 1.00 e. The van der Waals surface area contributed by atoms with Crippen molar-refractivity contribution in [2.24, 2.45) is 0 Å². The van der Waals surface area contributed by atoms with Gasteiger partial charge in [0.05, 0.1) is 6.61 Å². The highest BCUT2D eigenvalue weighted by Crippen LogP contribution is 2.06. The van der Waals surface area contributed by atoms with Crippen LogP contribution in [0.1, 0.15) is 8.35 Å². The minimum atomic E-state index is -6.00. The fourth-order valence-corrected chi connectivity index (χ4v) is 0. The lowest BCUT2D eigenvalue weighted by molar-refractivity contribution is 0.212. The molecule has 0 rings (SSSR count). The van der Waals surface area contributed by atoms with Crippen LogP contribution < -0.4 is 0 Å². The lowest BCUT2D eigenvalue weighted by Gasteiger charge is -1.94. The molecule has 0 N–H and O–H groups in total. The molecule has 0 fully saturated rings. The Hall–Kier alpha value is -0.255. The summed E-state index contributed by atoms with van der Waals surface area (Å²) in [6, 6.07) is 0. The lowest BCUT2D eigenvalue weighted by Crippen LogP contribution is -2.02. The zero-order valence-corrected chi connectivity index (χ0v) is 4.20. The summed E-state index contributed by atoms with van der Waals surface area (Å²) in [5.41, 5.74) is 0. The molecule has 6 heteroatoms. The predicted octanol–water partition coefficient (Wildman–Crippen LogP) is 1.85. The van der Waals surface area contributed by atoms with Crippen molar-refractivity contribution < 1.29 is 23.8 Å². The van der Waals surface area contributed by atoms with Crippen LogP contribution in [-0.2, 0) is 5.11 Å². The maximum absolute atomic E-state index is 9.75. The summed E-state index contributed by atoms with van der Waals surface area (Å²) in [4.78, 5) is 0. The van der Waals surface area contributed by atoms with Gasteiger partial charge in [0.15, 0.2) is 0 Å². The van der Waals surface area contributed by atoms with Crippen LogP contribution in [0.5, 0.6) is 0 Å². The normalized spacial score (nSPS) is 9.75. The van der Waals surface area contributed by atoms with Crippen LogP contribution in [0.4, 0.5) is 17.3 Å². The average molecular weight is 133 g/mol. The Balaban J connectivity index is -0.0000000800. The molecule has 1 radical (unpaired) electrons.